The van der Waals surface area contributed by atoms with E-state index in [9.17, 15) is 8.42 Å². The van der Waals surface area contributed by atoms with Crippen LogP contribution < -0.4 is 0 Å². The molecular weight excluding hydrogens is 350 g/mol. The van der Waals surface area contributed by atoms with Crippen molar-refractivity contribution in [1.82, 2.24) is 4.98 Å². The highest BCUT2D eigenvalue weighted by Gasteiger charge is 2.14. The van der Waals surface area contributed by atoms with Crippen molar-refractivity contribution in [1.29, 1.82) is 0 Å². The van der Waals surface area contributed by atoms with Crippen molar-refractivity contribution in [3.05, 3.63) is 87.9 Å². The van der Waals surface area contributed by atoms with Gasteiger partial charge in [0.25, 0.3) is 0 Å². The lowest BCUT2D eigenvalue weighted by Crippen LogP contribution is -2.10. The molecule has 3 aromatic rings. The molecule has 130 valence electrons. The van der Waals surface area contributed by atoms with Gasteiger partial charge < -0.3 is 0 Å². The van der Waals surface area contributed by atoms with Crippen LogP contribution in [0.5, 0.6) is 0 Å². The third kappa shape index (κ3) is 5.80. The summed E-state index contributed by atoms with van der Waals surface area (Å²) < 4.78 is 24.6. The minimum Gasteiger partial charge on any atom is -0.245 e. The maximum atomic E-state index is 12.3. The summed E-state index contributed by atoms with van der Waals surface area (Å²) in [6, 6.07) is 20.1. The molecule has 0 radical (unpaired) electrons. The SMILES string of the molecule is O=S(=O)(CCCc1ccccc1)Cc1csc(Cc2ccccc2)n1. The predicted octanol–water partition coefficient (Wildman–Crippen LogP) is 4.28. The van der Waals surface area contributed by atoms with Crippen molar-refractivity contribution in [3.8, 4) is 0 Å². The molecule has 0 aliphatic rings. The molecule has 0 fully saturated rings. The molecular formula is C20H21NO2S2. The molecule has 0 atom stereocenters. The summed E-state index contributed by atoms with van der Waals surface area (Å²) in [4.78, 5) is 4.50. The third-order valence-corrected chi connectivity index (χ3v) is 6.47. The zero-order valence-electron chi connectivity index (χ0n) is 14.0. The molecule has 0 aliphatic heterocycles. The lowest BCUT2D eigenvalue weighted by Gasteiger charge is -2.03. The fourth-order valence-corrected chi connectivity index (χ4v) is 4.97. The fraction of sp³-hybridized carbons (Fsp3) is 0.250. The Morgan fingerprint density at radius 1 is 0.880 bits per heavy atom. The van der Waals surface area contributed by atoms with E-state index in [1.54, 1.807) is 0 Å². The van der Waals surface area contributed by atoms with Crippen LogP contribution in [0.3, 0.4) is 0 Å². The molecule has 0 saturated carbocycles. The number of hydrogen-bond acceptors (Lipinski definition) is 4. The highest BCUT2D eigenvalue weighted by Crippen LogP contribution is 2.17. The van der Waals surface area contributed by atoms with E-state index in [-0.39, 0.29) is 11.5 Å². The molecule has 2 aromatic carbocycles. The van der Waals surface area contributed by atoms with Crippen LogP contribution in [0.1, 0.15) is 28.2 Å². The monoisotopic (exact) mass is 371 g/mol. The summed E-state index contributed by atoms with van der Waals surface area (Å²) in [5.74, 6) is 0.237. The Morgan fingerprint density at radius 3 is 2.20 bits per heavy atom. The molecule has 0 unspecified atom stereocenters. The summed E-state index contributed by atoms with van der Waals surface area (Å²) in [6.07, 6.45) is 2.18. The highest BCUT2D eigenvalue weighted by molar-refractivity contribution is 7.90. The summed E-state index contributed by atoms with van der Waals surface area (Å²) >= 11 is 1.53. The second-order valence-corrected chi connectivity index (χ2v) is 9.20. The van der Waals surface area contributed by atoms with E-state index in [2.05, 4.69) is 17.1 Å². The first-order valence-corrected chi connectivity index (χ1v) is 11.0. The lowest BCUT2D eigenvalue weighted by atomic mass is 10.1. The summed E-state index contributed by atoms with van der Waals surface area (Å²) in [6.45, 7) is 0. The van der Waals surface area contributed by atoms with Crippen LogP contribution in [0.15, 0.2) is 66.0 Å². The molecule has 0 saturated heterocycles. The quantitative estimate of drug-likeness (QED) is 0.594. The number of thiazole rings is 1. The van der Waals surface area contributed by atoms with Gasteiger partial charge in [-0.3, -0.25) is 0 Å². The van der Waals surface area contributed by atoms with Crippen molar-refractivity contribution >= 4 is 21.2 Å². The summed E-state index contributed by atoms with van der Waals surface area (Å²) in [7, 11) is -3.12. The van der Waals surface area contributed by atoms with Crippen molar-refractivity contribution in [2.24, 2.45) is 0 Å². The number of hydrogen-bond donors (Lipinski definition) is 0. The molecule has 5 heteroatoms. The fourth-order valence-electron chi connectivity index (χ4n) is 2.71. The first-order chi connectivity index (χ1) is 12.1. The van der Waals surface area contributed by atoms with E-state index < -0.39 is 9.84 Å². The molecule has 1 aromatic heterocycles. The summed E-state index contributed by atoms with van der Waals surface area (Å²) in [5.41, 5.74) is 3.03. The Kier molecular flexibility index (Phi) is 6.00. The first kappa shape index (κ1) is 17.8. The van der Waals surface area contributed by atoms with Crippen molar-refractivity contribution < 1.29 is 8.42 Å². The predicted molar refractivity (Wildman–Crippen MR) is 104 cm³/mol. The number of benzene rings is 2. The van der Waals surface area contributed by atoms with Crippen LogP contribution in [0.2, 0.25) is 0 Å². The topological polar surface area (TPSA) is 47.0 Å². The van der Waals surface area contributed by atoms with Gasteiger partial charge >= 0.3 is 0 Å². The molecule has 3 nitrogen and oxygen atoms in total. The van der Waals surface area contributed by atoms with Crippen LogP contribution in [0.4, 0.5) is 0 Å². The Labute approximate surface area is 153 Å². The molecule has 0 amide bonds. The molecule has 0 N–H and O–H groups in total. The van der Waals surface area contributed by atoms with Crippen LogP contribution in [-0.4, -0.2) is 19.2 Å². The Hall–Kier alpha value is -1.98. The minimum absolute atomic E-state index is 0.0348. The largest absolute Gasteiger partial charge is 0.245 e. The zero-order chi connectivity index (χ0) is 17.5. The number of aryl methyl sites for hydroxylation is 1. The van der Waals surface area contributed by atoms with E-state index in [0.717, 1.165) is 17.8 Å². The molecule has 0 bridgehead atoms. The van der Waals surface area contributed by atoms with Gasteiger partial charge in [-0.15, -0.1) is 11.3 Å². The molecule has 25 heavy (non-hydrogen) atoms. The maximum Gasteiger partial charge on any atom is 0.156 e. The van der Waals surface area contributed by atoms with Crippen molar-refractivity contribution in [2.75, 3.05) is 5.75 Å². The van der Waals surface area contributed by atoms with Gasteiger partial charge in [0, 0.05) is 11.8 Å². The van der Waals surface area contributed by atoms with E-state index in [1.807, 2.05) is 53.9 Å². The van der Waals surface area contributed by atoms with Crippen LogP contribution in [0.25, 0.3) is 0 Å². The van der Waals surface area contributed by atoms with Crippen molar-refractivity contribution in [3.63, 3.8) is 0 Å². The van der Waals surface area contributed by atoms with E-state index in [1.165, 1.54) is 22.5 Å². The number of nitrogens with zero attached hydrogens (tertiary/aromatic N) is 1. The second-order valence-electron chi connectivity index (χ2n) is 6.08. The minimum atomic E-state index is -3.12. The number of sulfone groups is 1. The van der Waals surface area contributed by atoms with E-state index in [4.69, 9.17) is 0 Å². The Bertz CT molecular complexity index is 888. The molecule has 0 spiro atoms. The third-order valence-electron chi connectivity index (χ3n) is 3.93. The van der Waals surface area contributed by atoms with Crippen molar-refractivity contribution in [2.45, 2.75) is 25.0 Å². The Balaban J connectivity index is 1.52. The average molecular weight is 372 g/mol. The zero-order valence-corrected chi connectivity index (χ0v) is 15.6. The Morgan fingerprint density at radius 2 is 1.52 bits per heavy atom. The van der Waals surface area contributed by atoms with Gasteiger partial charge in [-0.2, -0.15) is 0 Å². The maximum absolute atomic E-state index is 12.3. The summed E-state index contributed by atoms with van der Waals surface area (Å²) in [5, 5.41) is 2.83. The van der Waals surface area contributed by atoms with Gasteiger partial charge in [0.1, 0.15) is 0 Å². The van der Waals surface area contributed by atoms with Gasteiger partial charge in [0.2, 0.25) is 0 Å². The van der Waals surface area contributed by atoms with Gasteiger partial charge in [-0.1, -0.05) is 60.7 Å². The van der Waals surface area contributed by atoms with Crippen LogP contribution >= 0.6 is 11.3 Å². The first-order valence-electron chi connectivity index (χ1n) is 8.32. The van der Waals surface area contributed by atoms with Gasteiger partial charge in [-0.25, -0.2) is 13.4 Å². The normalized spacial score (nSPS) is 11.5. The second kappa shape index (κ2) is 8.41. The van der Waals surface area contributed by atoms with Gasteiger partial charge in [0.05, 0.1) is 22.2 Å². The number of rotatable bonds is 8. The average Bonchev–Trinajstić information content (AvgIpc) is 3.02. The standard InChI is InChI=1S/C20H21NO2S2/c22-25(23,13-7-12-17-8-3-1-4-9-17)16-19-15-24-20(21-19)14-18-10-5-2-6-11-18/h1-6,8-11,15H,7,12-14,16H2. The van der Waals surface area contributed by atoms with E-state index >= 15 is 0 Å². The van der Waals surface area contributed by atoms with Gasteiger partial charge in [-0.05, 0) is 24.0 Å². The smallest absolute Gasteiger partial charge is 0.156 e. The number of aromatic nitrogens is 1. The van der Waals surface area contributed by atoms with Gasteiger partial charge in [0.15, 0.2) is 9.84 Å². The highest BCUT2D eigenvalue weighted by atomic mass is 32.2. The molecule has 0 aliphatic carbocycles. The lowest BCUT2D eigenvalue weighted by molar-refractivity contribution is 0.592. The molecule has 1 heterocycles. The van der Waals surface area contributed by atoms with Crippen LogP contribution in [-0.2, 0) is 28.4 Å². The molecule has 3 rings (SSSR count). The van der Waals surface area contributed by atoms with Crippen LogP contribution in [0, 0.1) is 0 Å². The van der Waals surface area contributed by atoms with E-state index in [0.29, 0.717) is 12.1 Å².